The number of nitrogens with zero attached hydrogens (tertiary/aromatic N) is 2. The zero-order valence-electron chi connectivity index (χ0n) is 13.9. The van der Waals surface area contributed by atoms with E-state index in [1.807, 2.05) is 4.90 Å². The molecule has 0 aromatic heterocycles. The number of hydrogen-bond acceptors (Lipinski definition) is 5. The van der Waals surface area contributed by atoms with Crippen LogP contribution in [-0.4, -0.2) is 55.2 Å². The molecule has 0 unspecified atom stereocenters. The van der Waals surface area contributed by atoms with E-state index in [0.29, 0.717) is 19.5 Å². The molecule has 6 nitrogen and oxygen atoms in total. The zero-order chi connectivity index (χ0) is 18.4. The van der Waals surface area contributed by atoms with Crippen LogP contribution in [0.2, 0.25) is 0 Å². The highest BCUT2D eigenvalue weighted by Crippen LogP contribution is 2.34. The van der Waals surface area contributed by atoms with Crippen molar-refractivity contribution in [2.45, 2.75) is 19.1 Å². The number of amides is 1. The highest BCUT2D eigenvalue weighted by molar-refractivity contribution is 5.64. The van der Waals surface area contributed by atoms with Gasteiger partial charge in [-0.1, -0.05) is 6.07 Å². The lowest BCUT2D eigenvalue weighted by molar-refractivity contribution is -0.138. The minimum atomic E-state index is -4.41. The average molecular weight is 360 g/mol. The summed E-state index contributed by atoms with van der Waals surface area (Å²) in [6.07, 6.45) is -4.51. The number of benzene rings is 1. The maximum absolute atomic E-state index is 13.1. The van der Waals surface area contributed by atoms with Gasteiger partial charge in [-0.15, -0.1) is 0 Å². The molecule has 0 radical (unpaired) electrons. The monoisotopic (exact) mass is 360 g/mol. The van der Waals surface area contributed by atoms with Crippen molar-refractivity contribution in [2.75, 3.05) is 45.1 Å². The van der Waals surface area contributed by atoms with Crippen LogP contribution < -0.4 is 11.5 Å². The maximum Gasteiger partial charge on any atom is 0.416 e. The maximum atomic E-state index is 13.1. The third kappa shape index (κ3) is 6.09. The van der Waals surface area contributed by atoms with E-state index in [4.69, 9.17) is 11.5 Å². The summed E-state index contributed by atoms with van der Waals surface area (Å²) in [7, 11) is 0. The van der Waals surface area contributed by atoms with Gasteiger partial charge in [-0.2, -0.15) is 13.2 Å². The lowest BCUT2D eigenvalue weighted by Gasteiger charge is -2.35. The fourth-order valence-electron chi connectivity index (χ4n) is 2.87. The number of primary amides is 1. The van der Waals surface area contributed by atoms with Crippen LogP contribution in [-0.2, 0) is 17.5 Å². The predicted octanol–water partition coefficient (Wildman–Crippen LogP) is 1.89. The first-order chi connectivity index (χ1) is 11.8. The van der Waals surface area contributed by atoms with Gasteiger partial charge in [0.1, 0.15) is 0 Å². The number of nitrogen functional groups attached to an aromatic ring is 1. The standard InChI is InChI=1S/C16H23F3N4O2/c17-16(18,19)14-10-13(20)3-2-12(14)11-23-7-5-22(6-8-23)4-1-9-25-15(21)24/h2-3,10H,1,4-9,11,20H2,(H2,21,24). The fourth-order valence-corrected chi connectivity index (χ4v) is 2.87. The molecule has 0 saturated carbocycles. The van der Waals surface area contributed by atoms with Crippen molar-refractivity contribution < 1.29 is 22.7 Å². The quantitative estimate of drug-likeness (QED) is 0.598. The molecule has 0 bridgehead atoms. The molecule has 1 fully saturated rings. The van der Waals surface area contributed by atoms with Crippen LogP contribution in [0.15, 0.2) is 18.2 Å². The van der Waals surface area contributed by atoms with E-state index in [9.17, 15) is 18.0 Å². The number of rotatable bonds is 6. The van der Waals surface area contributed by atoms with Gasteiger partial charge in [0.25, 0.3) is 0 Å². The van der Waals surface area contributed by atoms with Crippen molar-refractivity contribution in [3.8, 4) is 0 Å². The molecule has 25 heavy (non-hydrogen) atoms. The van der Waals surface area contributed by atoms with Gasteiger partial charge in [0.05, 0.1) is 12.2 Å². The number of carbonyl (C=O) groups excluding carboxylic acids is 1. The summed E-state index contributed by atoms with van der Waals surface area (Å²) in [5, 5.41) is 0. The van der Waals surface area contributed by atoms with E-state index < -0.39 is 17.8 Å². The summed E-state index contributed by atoms with van der Waals surface area (Å²) >= 11 is 0. The van der Waals surface area contributed by atoms with Gasteiger partial charge in [-0.05, 0) is 24.1 Å². The summed E-state index contributed by atoms with van der Waals surface area (Å²) < 4.78 is 44.1. The molecule has 1 aromatic rings. The summed E-state index contributed by atoms with van der Waals surface area (Å²) in [6, 6.07) is 3.94. The lowest BCUT2D eigenvalue weighted by atomic mass is 10.1. The third-order valence-electron chi connectivity index (χ3n) is 4.16. The number of ether oxygens (including phenoxy) is 1. The largest absolute Gasteiger partial charge is 0.450 e. The molecule has 2 rings (SSSR count). The summed E-state index contributed by atoms with van der Waals surface area (Å²) in [6.45, 7) is 4.15. The SMILES string of the molecule is NC(=O)OCCCN1CCN(Cc2ccc(N)cc2C(F)(F)F)CC1. The Balaban J connectivity index is 1.83. The van der Waals surface area contributed by atoms with Gasteiger partial charge in [0, 0.05) is 45.0 Å². The molecule has 0 spiro atoms. The number of anilines is 1. The fraction of sp³-hybridized carbons (Fsp3) is 0.562. The van der Waals surface area contributed by atoms with E-state index in [2.05, 4.69) is 9.64 Å². The number of carbonyl (C=O) groups is 1. The zero-order valence-corrected chi connectivity index (χ0v) is 13.9. The Morgan fingerprint density at radius 1 is 1.16 bits per heavy atom. The first kappa shape index (κ1) is 19.3. The van der Waals surface area contributed by atoms with Crippen molar-refractivity contribution in [3.63, 3.8) is 0 Å². The Hall–Kier alpha value is -2.00. The molecule has 1 heterocycles. The van der Waals surface area contributed by atoms with Crippen molar-refractivity contribution in [3.05, 3.63) is 29.3 Å². The number of hydrogen-bond donors (Lipinski definition) is 2. The van der Waals surface area contributed by atoms with E-state index >= 15 is 0 Å². The number of piperazine rings is 1. The summed E-state index contributed by atoms with van der Waals surface area (Å²) in [5.41, 5.74) is 10.1. The van der Waals surface area contributed by atoms with Gasteiger partial charge in [0.2, 0.25) is 0 Å². The highest BCUT2D eigenvalue weighted by atomic mass is 19.4. The first-order valence-electron chi connectivity index (χ1n) is 8.08. The van der Waals surface area contributed by atoms with Crippen molar-refractivity contribution in [1.29, 1.82) is 0 Å². The average Bonchev–Trinajstić information content (AvgIpc) is 2.53. The van der Waals surface area contributed by atoms with E-state index in [0.717, 1.165) is 25.7 Å². The second kappa shape index (κ2) is 8.39. The highest BCUT2D eigenvalue weighted by Gasteiger charge is 2.34. The summed E-state index contributed by atoms with van der Waals surface area (Å²) in [5.74, 6) is 0. The van der Waals surface area contributed by atoms with Crippen LogP contribution in [0.4, 0.5) is 23.7 Å². The van der Waals surface area contributed by atoms with Crippen LogP contribution in [0, 0.1) is 0 Å². The molecule has 0 aliphatic carbocycles. The van der Waals surface area contributed by atoms with E-state index in [1.165, 1.54) is 12.1 Å². The lowest BCUT2D eigenvalue weighted by Crippen LogP contribution is -2.46. The second-order valence-electron chi connectivity index (χ2n) is 6.05. The number of halogens is 3. The third-order valence-corrected chi connectivity index (χ3v) is 4.16. The van der Waals surface area contributed by atoms with Crippen LogP contribution >= 0.6 is 0 Å². The van der Waals surface area contributed by atoms with E-state index in [-0.39, 0.29) is 24.4 Å². The van der Waals surface area contributed by atoms with Crippen molar-refractivity contribution in [1.82, 2.24) is 9.80 Å². The van der Waals surface area contributed by atoms with Gasteiger partial charge < -0.3 is 21.1 Å². The molecule has 1 aliphatic heterocycles. The van der Waals surface area contributed by atoms with E-state index in [1.54, 1.807) is 0 Å². The van der Waals surface area contributed by atoms with Gasteiger partial charge in [-0.3, -0.25) is 4.90 Å². The molecular weight excluding hydrogens is 337 g/mol. The topological polar surface area (TPSA) is 84.8 Å². The molecule has 1 aliphatic rings. The van der Waals surface area contributed by atoms with Gasteiger partial charge in [-0.25, -0.2) is 4.79 Å². The minimum absolute atomic E-state index is 0.110. The van der Waals surface area contributed by atoms with Crippen molar-refractivity contribution in [2.24, 2.45) is 5.73 Å². The van der Waals surface area contributed by atoms with Gasteiger partial charge >= 0.3 is 12.3 Å². The molecule has 1 amide bonds. The predicted molar refractivity (Wildman–Crippen MR) is 87.7 cm³/mol. The summed E-state index contributed by atoms with van der Waals surface area (Å²) in [4.78, 5) is 14.7. The Kier molecular flexibility index (Phi) is 6.49. The van der Waals surface area contributed by atoms with Gasteiger partial charge in [0.15, 0.2) is 0 Å². The normalized spacial score (nSPS) is 16.8. The van der Waals surface area contributed by atoms with Crippen molar-refractivity contribution >= 4 is 11.8 Å². The molecule has 0 atom stereocenters. The molecule has 1 aromatic carbocycles. The Labute approximate surface area is 144 Å². The van der Waals surface area contributed by atoms with Crippen LogP contribution in [0.1, 0.15) is 17.5 Å². The molecule has 4 N–H and O–H groups in total. The second-order valence-corrected chi connectivity index (χ2v) is 6.05. The molecule has 9 heteroatoms. The molecule has 140 valence electrons. The molecular formula is C16H23F3N4O2. The Morgan fingerprint density at radius 3 is 2.40 bits per heavy atom. The minimum Gasteiger partial charge on any atom is -0.450 e. The molecule has 1 saturated heterocycles. The van der Waals surface area contributed by atoms with Crippen LogP contribution in [0.25, 0.3) is 0 Å². The number of alkyl halides is 3. The first-order valence-corrected chi connectivity index (χ1v) is 8.08. The number of nitrogens with two attached hydrogens (primary N) is 2. The Morgan fingerprint density at radius 2 is 1.80 bits per heavy atom. The Bertz CT molecular complexity index is 587. The smallest absolute Gasteiger partial charge is 0.416 e. The van der Waals surface area contributed by atoms with Crippen LogP contribution in [0.3, 0.4) is 0 Å². The van der Waals surface area contributed by atoms with Crippen LogP contribution in [0.5, 0.6) is 0 Å².